The first-order valence-electron chi connectivity index (χ1n) is 5.68. The lowest BCUT2D eigenvalue weighted by Crippen LogP contribution is -2.11. The molecule has 4 nitrogen and oxygen atoms in total. The molecule has 0 aromatic heterocycles. The van der Waals surface area contributed by atoms with Crippen LogP contribution in [0.2, 0.25) is 5.02 Å². The summed E-state index contributed by atoms with van der Waals surface area (Å²) in [5.41, 5.74) is 5.42. The Hall–Kier alpha value is -1.04. The van der Waals surface area contributed by atoms with Crippen LogP contribution >= 0.6 is 11.6 Å². The van der Waals surface area contributed by atoms with Crippen LogP contribution < -0.4 is 10.5 Å². The third-order valence-electron chi connectivity index (χ3n) is 2.11. The van der Waals surface area contributed by atoms with E-state index in [0.29, 0.717) is 38.8 Å². The second-order valence-electron chi connectivity index (χ2n) is 3.46. The minimum absolute atomic E-state index is 0.00617. The van der Waals surface area contributed by atoms with Crippen molar-refractivity contribution in [1.29, 1.82) is 0 Å². The van der Waals surface area contributed by atoms with E-state index in [9.17, 15) is 4.39 Å². The second kappa shape index (κ2) is 8.13. The van der Waals surface area contributed by atoms with E-state index in [-0.39, 0.29) is 10.7 Å². The van der Waals surface area contributed by atoms with Crippen LogP contribution in [-0.2, 0) is 9.47 Å². The molecule has 0 aliphatic heterocycles. The van der Waals surface area contributed by atoms with Gasteiger partial charge in [-0.3, -0.25) is 0 Å². The minimum Gasteiger partial charge on any atom is -0.490 e. The Labute approximate surface area is 111 Å². The van der Waals surface area contributed by atoms with Crippen LogP contribution in [0, 0.1) is 5.82 Å². The van der Waals surface area contributed by atoms with Crippen molar-refractivity contribution in [1.82, 2.24) is 0 Å². The van der Waals surface area contributed by atoms with E-state index in [0.717, 1.165) is 6.07 Å². The van der Waals surface area contributed by atoms with Crippen LogP contribution in [0.15, 0.2) is 12.1 Å². The molecule has 2 N–H and O–H groups in total. The Kier molecular flexibility index (Phi) is 6.78. The number of hydrogen-bond acceptors (Lipinski definition) is 4. The average Bonchev–Trinajstić information content (AvgIpc) is 2.34. The summed E-state index contributed by atoms with van der Waals surface area (Å²) in [7, 11) is 0. The third kappa shape index (κ3) is 5.08. The number of benzene rings is 1. The molecule has 0 radical (unpaired) electrons. The zero-order valence-corrected chi connectivity index (χ0v) is 11.0. The van der Waals surface area contributed by atoms with Crippen LogP contribution in [0.4, 0.5) is 10.1 Å². The summed E-state index contributed by atoms with van der Waals surface area (Å²) in [4.78, 5) is 0. The van der Waals surface area contributed by atoms with Gasteiger partial charge in [0.1, 0.15) is 18.2 Å². The standard InChI is InChI=1S/C12H17ClFNO3/c1-2-16-3-4-17-5-6-18-12-8-11(15)10(14)7-9(12)13/h7-8H,2-6,15H2,1H3. The van der Waals surface area contributed by atoms with Gasteiger partial charge < -0.3 is 19.9 Å². The zero-order valence-electron chi connectivity index (χ0n) is 10.2. The summed E-state index contributed by atoms with van der Waals surface area (Å²) >= 11 is 5.80. The molecule has 6 heteroatoms. The van der Waals surface area contributed by atoms with Gasteiger partial charge in [-0.15, -0.1) is 0 Å². The van der Waals surface area contributed by atoms with Crippen LogP contribution in [0.5, 0.6) is 5.75 Å². The van der Waals surface area contributed by atoms with Crippen molar-refractivity contribution in [3.63, 3.8) is 0 Å². The highest BCUT2D eigenvalue weighted by Crippen LogP contribution is 2.28. The molecule has 0 heterocycles. The van der Waals surface area contributed by atoms with Gasteiger partial charge in [-0.2, -0.15) is 0 Å². The topological polar surface area (TPSA) is 53.7 Å². The fraction of sp³-hybridized carbons (Fsp3) is 0.500. The molecule has 1 rings (SSSR count). The van der Waals surface area contributed by atoms with E-state index in [1.54, 1.807) is 0 Å². The molecule has 0 unspecified atom stereocenters. The fourth-order valence-corrected chi connectivity index (χ4v) is 1.44. The largest absolute Gasteiger partial charge is 0.490 e. The Morgan fingerprint density at radius 2 is 1.83 bits per heavy atom. The summed E-state index contributed by atoms with van der Waals surface area (Å²) in [6.45, 7) is 4.38. The van der Waals surface area contributed by atoms with Gasteiger partial charge in [0.05, 0.1) is 30.5 Å². The third-order valence-corrected chi connectivity index (χ3v) is 2.41. The van der Waals surface area contributed by atoms with Gasteiger partial charge in [0, 0.05) is 12.7 Å². The molecule has 18 heavy (non-hydrogen) atoms. The number of halogens is 2. The molecule has 1 aromatic carbocycles. The number of hydrogen-bond donors (Lipinski definition) is 1. The van der Waals surface area contributed by atoms with Gasteiger partial charge in [-0.25, -0.2) is 4.39 Å². The van der Waals surface area contributed by atoms with Crippen molar-refractivity contribution in [2.24, 2.45) is 0 Å². The van der Waals surface area contributed by atoms with E-state index in [1.165, 1.54) is 6.07 Å². The smallest absolute Gasteiger partial charge is 0.147 e. The Balaban J connectivity index is 2.25. The van der Waals surface area contributed by atoms with Crippen LogP contribution in [0.3, 0.4) is 0 Å². The Morgan fingerprint density at radius 3 is 2.56 bits per heavy atom. The molecule has 0 fully saturated rings. The van der Waals surface area contributed by atoms with Crippen molar-refractivity contribution in [3.8, 4) is 5.75 Å². The number of rotatable bonds is 8. The highest BCUT2D eigenvalue weighted by molar-refractivity contribution is 6.32. The summed E-state index contributed by atoms with van der Waals surface area (Å²) < 4.78 is 28.7. The molecule has 0 atom stereocenters. The minimum atomic E-state index is -0.555. The predicted molar refractivity (Wildman–Crippen MR) is 68.6 cm³/mol. The number of nitrogens with two attached hydrogens (primary N) is 1. The lowest BCUT2D eigenvalue weighted by atomic mass is 10.3. The molecule has 0 bridgehead atoms. The molecular formula is C12H17ClFNO3. The second-order valence-corrected chi connectivity index (χ2v) is 3.87. The van der Waals surface area contributed by atoms with Gasteiger partial charge in [0.25, 0.3) is 0 Å². The molecule has 0 saturated heterocycles. The van der Waals surface area contributed by atoms with Crippen LogP contribution in [-0.4, -0.2) is 33.0 Å². The van der Waals surface area contributed by atoms with Crippen LogP contribution in [0.1, 0.15) is 6.92 Å². The Morgan fingerprint density at radius 1 is 1.17 bits per heavy atom. The van der Waals surface area contributed by atoms with Crippen molar-refractivity contribution in [3.05, 3.63) is 23.0 Å². The number of ether oxygens (including phenoxy) is 3. The lowest BCUT2D eigenvalue weighted by Gasteiger charge is -2.09. The highest BCUT2D eigenvalue weighted by atomic mass is 35.5. The van der Waals surface area contributed by atoms with Crippen molar-refractivity contribution >= 4 is 17.3 Å². The summed E-state index contributed by atoms with van der Waals surface area (Å²) in [6, 6.07) is 2.49. The first kappa shape index (κ1) is 15.0. The molecule has 0 aliphatic carbocycles. The van der Waals surface area contributed by atoms with E-state index in [2.05, 4.69) is 0 Å². The average molecular weight is 278 g/mol. The van der Waals surface area contributed by atoms with E-state index >= 15 is 0 Å². The van der Waals surface area contributed by atoms with Gasteiger partial charge in [-0.05, 0) is 13.0 Å². The van der Waals surface area contributed by atoms with E-state index in [1.807, 2.05) is 6.92 Å². The number of anilines is 1. The van der Waals surface area contributed by atoms with E-state index in [4.69, 9.17) is 31.5 Å². The monoisotopic (exact) mass is 277 g/mol. The normalized spacial score (nSPS) is 10.6. The van der Waals surface area contributed by atoms with Gasteiger partial charge in [0.15, 0.2) is 0 Å². The maximum Gasteiger partial charge on any atom is 0.147 e. The van der Waals surface area contributed by atoms with Crippen molar-refractivity contribution in [2.75, 3.05) is 38.8 Å². The molecule has 102 valence electrons. The molecule has 0 amide bonds. The molecule has 1 aromatic rings. The molecule has 0 spiro atoms. The first-order chi connectivity index (χ1) is 8.65. The fourth-order valence-electron chi connectivity index (χ4n) is 1.23. The maximum atomic E-state index is 13.0. The maximum absolute atomic E-state index is 13.0. The van der Waals surface area contributed by atoms with Crippen molar-refractivity contribution in [2.45, 2.75) is 6.92 Å². The van der Waals surface area contributed by atoms with Gasteiger partial charge >= 0.3 is 0 Å². The summed E-state index contributed by atoms with van der Waals surface area (Å²) in [5, 5.41) is 0.191. The van der Waals surface area contributed by atoms with Gasteiger partial charge in [-0.1, -0.05) is 11.6 Å². The zero-order chi connectivity index (χ0) is 13.4. The molecule has 0 aliphatic rings. The molecule has 0 saturated carbocycles. The SMILES string of the molecule is CCOCCOCCOc1cc(N)c(F)cc1Cl. The Bertz CT molecular complexity index is 377. The molecular weight excluding hydrogens is 261 g/mol. The van der Waals surface area contributed by atoms with Crippen molar-refractivity contribution < 1.29 is 18.6 Å². The predicted octanol–water partition coefficient (Wildman–Crippen LogP) is 2.49. The number of nitrogen functional groups attached to an aromatic ring is 1. The summed E-state index contributed by atoms with van der Waals surface area (Å²) in [5.74, 6) is -0.204. The lowest BCUT2D eigenvalue weighted by molar-refractivity contribution is 0.0405. The van der Waals surface area contributed by atoms with Crippen LogP contribution in [0.25, 0.3) is 0 Å². The van der Waals surface area contributed by atoms with E-state index < -0.39 is 5.82 Å². The first-order valence-corrected chi connectivity index (χ1v) is 6.05. The van der Waals surface area contributed by atoms with Gasteiger partial charge in [0.2, 0.25) is 0 Å². The summed E-state index contributed by atoms with van der Waals surface area (Å²) in [6.07, 6.45) is 0. The highest BCUT2D eigenvalue weighted by Gasteiger charge is 2.07. The quantitative estimate of drug-likeness (QED) is 0.586.